The molecule has 6 unspecified atom stereocenters. The number of rotatable bonds is 5. The second-order valence-electron chi connectivity index (χ2n) is 13.6. The lowest BCUT2D eigenvalue weighted by Gasteiger charge is -2.56. The maximum atomic E-state index is 12.2. The molecule has 1 aliphatic heterocycles. The van der Waals surface area contributed by atoms with E-state index in [1.165, 1.54) is 11.1 Å². The highest BCUT2D eigenvalue weighted by atomic mass is 32.2. The zero-order valence-corrected chi connectivity index (χ0v) is 25.2. The van der Waals surface area contributed by atoms with Crippen molar-refractivity contribution < 1.29 is 19.7 Å². The highest BCUT2D eigenvalue weighted by molar-refractivity contribution is 8.02. The van der Waals surface area contributed by atoms with E-state index >= 15 is 0 Å². The van der Waals surface area contributed by atoms with Gasteiger partial charge in [0.15, 0.2) is 0 Å². The van der Waals surface area contributed by atoms with E-state index in [1.54, 1.807) is 11.8 Å². The molecule has 39 heavy (non-hydrogen) atoms. The summed E-state index contributed by atoms with van der Waals surface area (Å²) in [5, 5.41) is 26.5. The van der Waals surface area contributed by atoms with Crippen molar-refractivity contribution in [3.05, 3.63) is 64.6 Å². The van der Waals surface area contributed by atoms with E-state index in [2.05, 4.69) is 63.1 Å². The first-order valence-electron chi connectivity index (χ1n) is 14.8. The summed E-state index contributed by atoms with van der Waals surface area (Å²) in [5.74, 6) is 1.63. The van der Waals surface area contributed by atoms with Crippen molar-refractivity contribution in [2.45, 2.75) is 83.3 Å². The van der Waals surface area contributed by atoms with E-state index in [-0.39, 0.29) is 16.7 Å². The van der Waals surface area contributed by atoms with Gasteiger partial charge in [0.2, 0.25) is 0 Å². The van der Waals surface area contributed by atoms with Crippen LogP contribution in [0.3, 0.4) is 0 Å². The number of benzene rings is 1. The van der Waals surface area contributed by atoms with Crippen LogP contribution in [-0.2, 0) is 9.47 Å². The molecule has 3 aliphatic carbocycles. The van der Waals surface area contributed by atoms with Gasteiger partial charge in [0.25, 0.3) is 0 Å². The van der Waals surface area contributed by atoms with Crippen LogP contribution in [0.15, 0.2) is 53.5 Å². The molecular weight excluding hydrogens is 504 g/mol. The molecule has 5 heteroatoms. The molecule has 4 aliphatic rings. The molecule has 214 valence electrons. The highest BCUT2D eigenvalue weighted by Crippen LogP contribution is 2.67. The molecule has 1 aromatic rings. The molecule has 2 saturated carbocycles. The fourth-order valence-corrected chi connectivity index (χ4v) is 9.26. The van der Waals surface area contributed by atoms with E-state index in [0.29, 0.717) is 44.7 Å². The van der Waals surface area contributed by atoms with E-state index in [0.717, 1.165) is 49.0 Å². The van der Waals surface area contributed by atoms with E-state index < -0.39 is 11.2 Å². The summed E-state index contributed by atoms with van der Waals surface area (Å²) in [5.41, 5.74) is 3.00. The minimum Gasteiger partial charge on any atom is -0.388 e. The Morgan fingerprint density at radius 3 is 2.49 bits per heavy atom. The summed E-state index contributed by atoms with van der Waals surface area (Å²) >= 11 is 1.73. The molecule has 0 bridgehead atoms. The summed E-state index contributed by atoms with van der Waals surface area (Å²) in [7, 11) is 0. The van der Waals surface area contributed by atoms with Gasteiger partial charge in [-0.25, -0.2) is 0 Å². The molecule has 1 heterocycles. The second-order valence-corrected chi connectivity index (χ2v) is 14.5. The third kappa shape index (κ3) is 5.35. The Kier molecular flexibility index (Phi) is 8.32. The van der Waals surface area contributed by atoms with Gasteiger partial charge in [-0.1, -0.05) is 69.3 Å². The maximum absolute atomic E-state index is 12.2. The summed E-state index contributed by atoms with van der Waals surface area (Å²) < 4.78 is 12.4. The number of hydrogen-bond donors (Lipinski definition) is 2. The summed E-state index contributed by atoms with van der Waals surface area (Å²) in [4.78, 5) is 0. The van der Waals surface area contributed by atoms with Gasteiger partial charge in [0, 0.05) is 22.5 Å². The van der Waals surface area contributed by atoms with Crippen LogP contribution < -0.4 is 0 Å². The quantitative estimate of drug-likeness (QED) is 0.381. The molecule has 3 fully saturated rings. The van der Waals surface area contributed by atoms with Gasteiger partial charge in [-0.15, -0.1) is 11.8 Å². The Morgan fingerprint density at radius 2 is 1.77 bits per heavy atom. The average Bonchev–Trinajstić information content (AvgIpc) is 3.17. The monoisotopic (exact) mass is 552 g/mol. The van der Waals surface area contributed by atoms with Gasteiger partial charge in [0.05, 0.1) is 32.0 Å². The third-order valence-electron chi connectivity index (χ3n) is 10.4. The Bertz CT molecular complexity index is 1110. The molecule has 0 amide bonds. The Morgan fingerprint density at radius 1 is 1.03 bits per heavy atom. The van der Waals surface area contributed by atoms with Gasteiger partial charge in [-0.05, 0) is 79.4 Å². The van der Waals surface area contributed by atoms with Crippen molar-refractivity contribution in [3.63, 3.8) is 0 Å². The van der Waals surface area contributed by atoms with Crippen molar-refractivity contribution in [1.29, 1.82) is 0 Å². The molecule has 5 rings (SSSR count). The molecule has 1 aromatic carbocycles. The van der Waals surface area contributed by atoms with Crippen LogP contribution in [0.2, 0.25) is 0 Å². The van der Waals surface area contributed by atoms with Crippen LogP contribution in [0.25, 0.3) is 6.08 Å². The lowest BCUT2D eigenvalue weighted by atomic mass is 9.50. The summed E-state index contributed by atoms with van der Waals surface area (Å²) in [6.45, 7) is 14.9. The first-order chi connectivity index (χ1) is 18.6. The van der Waals surface area contributed by atoms with Crippen molar-refractivity contribution in [3.8, 4) is 0 Å². The largest absolute Gasteiger partial charge is 0.388 e. The number of aliphatic hydroxyl groups is 2. The van der Waals surface area contributed by atoms with Gasteiger partial charge >= 0.3 is 0 Å². The van der Waals surface area contributed by atoms with Gasteiger partial charge in [0.1, 0.15) is 5.60 Å². The number of thioether (sulfide) groups is 1. The summed E-state index contributed by atoms with van der Waals surface area (Å²) in [6.07, 6.45) is 9.07. The number of fused-ring (bicyclic) bond motifs is 4. The van der Waals surface area contributed by atoms with Crippen molar-refractivity contribution in [1.82, 2.24) is 0 Å². The predicted molar refractivity (Wildman–Crippen MR) is 162 cm³/mol. The van der Waals surface area contributed by atoms with Crippen molar-refractivity contribution >= 4 is 17.8 Å². The van der Waals surface area contributed by atoms with E-state index in [9.17, 15) is 10.2 Å². The number of hydrogen-bond acceptors (Lipinski definition) is 5. The van der Waals surface area contributed by atoms with Gasteiger partial charge in [-0.2, -0.15) is 0 Å². The molecule has 4 nitrogen and oxygen atoms in total. The summed E-state index contributed by atoms with van der Waals surface area (Å²) in [6, 6.07) is 8.77. The number of allylic oxidation sites excluding steroid dienone is 2. The van der Waals surface area contributed by atoms with E-state index in [4.69, 9.17) is 9.47 Å². The molecule has 1 saturated heterocycles. The first kappa shape index (κ1) is 29.1. The smallest absolute Gasteiger partial charge is 0.109 e. The zero-order chi connectivity index (χ0) is 27.9. The van der Waals surface area contributed by atoms with Crippen LogP contribution >= 0.6 is 11.8 Å². The van der Waals surface area contributed by atoms with Crippen LogP contribution in [-0.4, -0.2) is 53.6 Å². The lowest BCUT2D eigenvalue weighted by Crippen LogP contribution is -2.54. The fraction of sp³-hybridized carbons (Fsp3) is 0.647. The average molecular weight is 553 g/mol. The van der Waals surface area contributed by atoms with Crippen molar-refractivity contribution in [2.24, 2.45) is 22.7 Å². The van der Waals surface area contributed by atoms with Crippen LogP contribution in [0.5, 0.6) is 0 Å². The Labute approximate surface area is 239 Å². The van der Waals surface area contributed by atoms with Crippen LogP contribution in [0, 0.1) is 22.7 Å². The SMILES string of the molecule is C=Cc1ccc(C2CC3(C)C(CCC3(O)CSC=CC)C3CCC4(O)COCC(C)(C)COCCC4=C23)cc1. The van der Waals surface area contributed by atoms with E-state index in [1.807, 2.05) is 13.0 Å². The molecule has 0 spiro atoms. The van der Waals surface area contributed by atoms with Gasteiger partial charge < -0.3 is 19.7 Å². The van der Waals surface area contributed by atoms with Crippen molar-refractivity contribution in [2.75, 3.05) is 32.2 Å². The second kappa shape index (κ2) is 11.1. The highest BCUT2D eigenvalue weighted by Gasteiger charge is 2.63. The Balaban J connectivity index is 1.60. The molecular formula is C34H48O4S. The zero-order valence-electron chi connectivity index (χ0n) is 24.4. The molecule has 2 N–H and O–H groups in total. The van der Waals surface area contributed by atoms with Crippen LogP contribution in [0.1, 0.15) is 83.3 Å². The Hall–Kier alpha value is -1.37. The molecule has 6 atom stereocenters. The minimum atomic E-state index is -0.966. The third-order valence-corrected chi connectivity index (χ3v) is 11.5. The number of ether oxygens (including phenoxy) is 2. The normalized spacial score (nSPS) is 38.7. The van der Waals surface area contributed by atoms with Crippen LogP contribution in [0.4, 0.5) is 0 Å². The van der Waals surface area contributed by atoms with Gasteiger partial charge in [-0.3, -0.25) is 0 Å². The molecule has 0 radical (unpaired) electrons. The lowest BCUT2D eigenvalue weighted by molar-refractivity contribution is -0.0969. The minimum absolute atomic E-state index is 0.0699. The predicted octanol–water partition coefficient (Wildman–Crippen LogP) is 7.13. The first-order valence-corrected chi connectivity index (χ1v) is 15.9. The standard InChI is InChI=1S/C34H48O4S/c1-6-18-39-23-34(36)16-13-28-26-12-15-33(35)22-38-21-31(3,4)20-37-17-14-29(33)30(26)27(19-32(28,34)5)25-10-8-24(7-2)9-11-25/h6-11,18,26-28,35-36H,2,12-17,19-23H2,1,3-5H3. The maximum Gasteiger partial charge on any atom is 0.109 e. The molecule has 0 aromatic heterocycles. The fourth-order valence-electron chi connectivity index (χ4n) is 8.22. The topological polar surface area (TPSA) is 58.9 Å².